The molecule has 0 unspecified atom stereocenters. The van der Waals surface area contributed by atoms with Crippen molar-refractivity contribution >= 4 is 28.4 Å². The van der Waals surface area contributed by atoms with Crippen molar-refractivity contribution in [1.29, 1.82) is 0 Å². The molecule has 0 radical (unpaired) electrons. The Bertz CT molecular complexity index is 1120. The minimum Gasteiger partial charge on any atom is -0.384 e. The topological polar surface area (TPSA) is 57.0 Å². The van der Waals surface area contributed by atoms with E-state index >= 15 is 0 Å². The van der Waals surface area contributed by atoms with Gasteiger partial charge in [-0.05, 0) is 97.9 Å². The number of hydrogen-bond donors (Lipinski definition) is 0. The fourth-order valence-corrected chi connectivity index (χ4v) is 9.81. The lowest BCUT2D eigenvalue weighted by Gasteiger charge is -2.61. The minimum absolute atomic E-state index is 0.111. The normalized spacial score (nSPS) is 40.8. The summed E-state index contributed by atoms with van der Waals surface area (Å²) in [7, 11) is 1.91. The molecule has 4 aliphatic carbocycles. The van der Waals surface area contributed by atoms with Gasteiger partial charge in [0.1, 0.15) is 12.1 Å². The monoisotopic (exact) mass is 497 g/mol. The predicted molar refractivity (Wildman–Crippen MR) is 138 cm³/mol. The zero-order chi connectivity index (χ0) is 24.4. The number of aromatic nitrogens is 3. The van der Waals surface area contributed by atoms with Crippen LogP contribution in [0.25, 0.3) is 11.0 Å². The number of rotatable bonds is 5. The standard InChI is InChI=1S/C29H40ClN3O2/c1-18-8-11-29(17-35-3)19(12-18)4-5-21-22-6-7-24(28(22,2)10-9-23(21)29)27(34)16-33-26-13-20(30)14-31-25(26)15-32-33/h13-15,18-19,21-24H,4-12,16-17H2,1-3H3/t18-,19-,21-,22-,23-,24+,28-,29+/m0/s1. The molecule has 6 heteroatoms. The Labute approximate surface area is 214 Å². The van der Waals surface area contributed by atoms with Crippen molar-refractivity contribution < 1.29 is 9.53 Å². The van der Waals surface area contributed by atoms with Gasteiger partial charge in [-0.3, -0.25) is 14.5 Å². The van der Waals surface area contributed by atoms with E-state index in [9.17, 15) is 4.79 Å². The van der Waals surface area contributed by atoms with Gasteiger partial charge < -0.3 is 4.74 Å². The molecule has 0 spiro atoms. The maximum atomic E-state index is 13.8. The number of hydrogen-bond acceptors (Lipinski definition) is 4. The number of ether oxygens (including phenoxy) is 1. The number of nitrogens with zero attached hydrogens (tertiary/aromatic N) is 3. The van der Waals surface area contributed by atoms with E-state index < -0.39 is 0 Å². The Kier molecular flexibility index (Phi) is 6.03. The summed E-state index contributed by atoms with van der Waals surface area (Å²) in [5.74, 6) is 4.32. The highest BCUT2D eigenvalue weighted by Gasteiger charge is 2.62. The number of carbonyl (C=O) groups is 1. The fourth-order valence-electron chi connectivity index (χ4n) is 9.66. The van der Waals surface area contributed by atoms with Crippen LogP contribution in [0.5, 0.6) is 0 Å². The van der Waals surface area contributed by atoms with E-state index in [0.717, 1.165) is 47.7 Å². The van der Waals surface area contributed by atoms with E-state index in [0.29, 0.717) is 28.7 Å². The number of ketones is 1. The van der Waals surface area contributed by atoms with Crippen LogP contribution in [-0.4, -0.2) is 34.3 Å². The van der Waals surface area contributed by atoms with Crippen LogP contribution in [0.4, 0.5) is 0 Å². The average Bonchev–Trinajstić information content (AvgIpc) is 3.39. The molecule has 0 aromatic carbocycles. The third-order valence-corrected chi connectivity index (χ3v) is 11.4. The van der Waals surface area contributed by atoms with Crippen LogP contribution in [0.2, 0.25) is 5.02 Å². The molecule has 4 aliphatic rings. The summed E-state index contributed by atoms with van der Waals surface area (Å²) in [6.45, 7) is 6.14. The number of halogens is 1. The van der Waals surface area contributed by atoms with Gasteiger partial charge in [-0.2, -0.15) is 5.10 Å². The van der Waals surface area contributed by atoms with Gasteiger partial charge in [0.05, 0.1) is 23.3 Å². The maximum absolute atomic E-state index is 13.8. The minimum atomic E-state index is 0.111. The first-order valence-corrected chi connectivity index (χ1v) is 14.2. The summed E-state index contributed by atoms with van der Waals surface area (Å²) in [5, 5.41) is 5.06. The van der Waals surface area contributed by atoms with Crippen LogP contribution < -0.4 is 0 Å². The molecule has 0 N–H and O–H groups in total. The zero-order valence-corrected chi connectivity index (χ0v) is 22.3. The molecule has 4 fully saturated rings. The molecular formula is C29H40ClN3O2. The van der Waals surface area contributed by atoms with Crippen molar-refractivity contribution in [3.63, 3.8) is 0 Å². The predicted octanol–water partition coefficient (Wildman–Crippen LogP) is 6.58. The van der Waals surface area contributed by atoms with Gasteiger partial charge in [0.15, 0.2) is 5.78 Å². The lowest BCUT2D eigenvalue weighted by atomic mass is 9.44. The van der Waals surface area contributed by atoms with Gasteiger partial charge >= 0.3 is 0 Å². The quantitative estimate of drug-likeness (QED) is 0.468. The molecule has 2 aromatic rings. The van der Waals surface area contributed by atoms with E-state index in [1.165, 1.54) is 51.4 Å². The lowest BCUT2D eigenvalue weighted by Crippen LogP contribution is -2.56. The fraction of sp³-hybridized carbons (Fsp3) is 0.759. The second-order valence-corrected chi connectivity index (χ2v) is 13.1. The summed E-state index contributed by atoms with van der Waals surface area (Å²) >= 11 is 6.18. The highest BCUT2D eigenvalue weighted by molar-refractivity contribution is 6.31. The summed E-state index contributed by atoms with van der Waals surface area (Å²) in [6.07, 6.45) is 14.8. The highest BCUT2D eigenvalue weighted by atomic mass is 35.5. The number of methoxy groups -OCH3 is 1. The molecule has 0 aliphatic heterocycles. The molecule has 2 aromatic heterocycles. The second kappa shape index (κ2) is 8.83. The Morgan fingerprint density at radius 2 is 2.00 bits per heavy atom. The first-order chi connectivity index (χ1) is 16.9. The van der Waals surface area contributed by atoms with Crippen LogP contribution in [0.15, 0.2) is 18.5 Å². The van der Waals surface area contributed by atoms with Gasteiger partial charge in [0, 0.05) is 19.2 Å². The van der Waals surface area contributed by atoms with Crippen molar-refractivity contribution in [2.45, 2.75) is 78.2 Å². The van der Waals surface area contributed by atoms with E-state index in [1.54, 1.807) is 17.1 Å². The van der Waals surface area contributed by atoms with Gasteiger partial charge in [-0.25, -0.2) is 0 Å². The Morgan fingerprint density at radius 3 is 2.83 bits per heavy atom. The molecule has 0 bridgehead atoms. The third kappa shape index (κ3) is 3.70. The van der Waals surface area contributed by atoms with Crippen molar-refractivity contribution in [2.75, 3.05) is 13.7 Å². The Morgan fingerprint density at radius 1 is 1.14 bits per heavy atom. The first-order valence-electron chi connectivity index (χ1n) is 13.8. The van der Waals surface area contributed by atoms with Crippen LogP contribution in [0.1, 0.15) is 71.6 Å². The molecule has 4 saturated carbocycles. The Balaban J connectivity index is 1.24. The smallest absolute Gasteiger partial charge is 0.157 e. The van der Waals surface area contributed by atoms with Crippen molar-refractivity contribution in [2.24, 2.45) is 46.3 Å². The summed E-state index contributed by atoms with van der Waals surface area (Å²) in [6, 6.07) is 1.87. The van der Waals surface area contributed by atoms with Crippen LogP contribution in [0.3, 0.4) is 0 Å². The lowest BCUT2D eigenvalue weighted by molar-refractivity contribution is -0.154. The average molecular weight is 498 g/mol. The Hall–Kier alpha value is -1.46. The van der Waals surface area contributed by atoms with E-state index in [-0.39, 0.29) is 11.3 Å². The number of pyridine rings is 1. The summed E-state index contributed by atoms with van der Waals surface area (Å²) in [5.41, 5.74) is 2.12. The van der Waals surface area contributed by atoms with Gasteiger partial charge in [0.2, 0.25) is 0 Å². The molecule has 2 heterocycles. The van der Waals surface area contributed by atoms with Gasteiger partial charge in [-0.1, -0.05) is 31.9 Å². The molecule has 35 heavy (non-hydrogen) atoms. The molecule has 0 amide bonds. The summed E-state index contributed by atoms with van der Waals surface area (Å²) in [4.78, 5) is 18.1. The second-order valence-electron chi connectivity index (χ2n) is 12.7. The SMILES string of the molecule is COC[C@]12CC[C@H](C)C[C@@H]1CC[C@H]1[C@@H]3CC[C@H](C(=O)Cn4ncc5ncc(Cl)cc54)[C@@]3(C)CC[C@@H]12. The highest BCUT2D eigenvalue weighted by Crippen LogP contribution is 2.68. The number of carbonyl (C=O) groups excluding carboxylic acids is 1. The van der Waals surface area contributed by atoms with Gasteiger partial charge in [-0.15, -0.1) is 0 Å². The van der Waals surface area contributed by atoms with Crippen LogP contribution in [-0.2, 0) is 16.1 Å². The van der Waals surface area contributed by atoms with E-state index in [4.69, 9.17) is 16.3 Å². The van der Waals surface area contributed by atoms with Crippen molar-refractivity contribution in [1.82, 2.24) is 14.8 Å². The molecule has 190 valence electrons. The van der Waals surface area contributed by atoms with Crippen molar-refractivity contribution in [3.05, 3.63) is 23.5 Å². The van der Waals surface area contributed by atoms with Gasteiger partial charge in [0.25, 0.3) is 0 Å². The largest absolute Gasteiger partial charge is 0.384 e. The molecular weight excluding hydrogens is 458 g/mol. The first kappa shape index (κ1) is 23.9. The van der Waals surface area contributed by atoms with Crippen molar-refractivity contribution in [3.8, 4) is 0 Å². The van der Waals surface area contributed by atoms with Crippen LogP contribution >= 0.6 is 11.6 Å². The molecule has 0 saturated heterocycles. The molecule has 8 atom stereocenters. The molecule has 6 rings (SSSR count). The molecule has 5 nitrogen and oxygen atoms in total. The van der Waals surface area contributed by atoms with Crippen LogP contribution in [0, 0.1) is 46.3 Å². The zero-order valence-electron chi connectivity index (χ0n) is 21.5. The van der Waals surface area contributed by atoms with E-state index in [2.05, 4.69) is 23.9 Å². The maximum Gasteiger partial charge on any atom is 0.157 e. The third-order valence-electron chi connectivity index (χ3n) is 11.2. The number of fused-ring (bicyclic) bond motifs is 6. The number of Topliss-reactive ketones (excluding diaryl/α,β-unsaturated/α-hetero) is 1. The summed E-state index contributed by atoms with van der Waals surface area (Å²) < 4.78 is 7.75. The van der Waals surface area contributed by atoms with E-state index in [1.807, 2.05) is 13.2 Å².